The largest absolute Gasteiger partial charge is 0.490 e. The van der Waals surface area contributed by atoms with Gasteiger partial charge in [0, 0.05) is 37.7 Å². The van der Waals surface area contributed by atoms with Crippen LogP contribution in [0.4, 0.5) is 4.39 Å². The summed E-state index contributed by atoms with van der Waals surface area (Å²) in [5.74, 6) is 0.746. The molecule has 2 N–H and O–H groups in total. The smallest absolute Gasteiger partial charge is 0.226 e. The van der Waals surface area contributed by atoms with E-state index in [0.717, 1.165) is 74.9 Å². The van der Waals surface area contributed by atoms with E-state index in [9.17, 15) is 9.90 Å². The molecule has 6 rings (SSSR count). The molecule has 1 amide bonds. The van der Waals surface area contributed by atoms with Gasteiger partial charge in [-0.2, -0.15) is 0 Å². The first-order valence-electron chi connectivity index (χ1n) is 16.8. The highest BCUT2D eigenvalue weighted by molar-refractivity contribution is 5.81. The minimum atomic E-state index is -0.645. The highest BCUT2D eigenvalue weighted by atomic mass is 19.1. The molecule has 1 aromatic rings. The number of allylic oxidation sites excluding steroid dienone is 7. The highest BCUT2D eigenvalue weighted by Gasteiger charge is 2.48. The molecule has 0 aromatic heterocycles. The monoisotopic (exact) mass is 634 g/mol. The Hall–Kier alpha value is -3.24. The SMILES string of the molecule is C=C1/C=C(/OC2COC3C(O)CO[C@H]23)CCCCOCN/C1=C/C(F)=C(\C)c1ccc(C2=CCC(C(=O)N3CCCC3)CC2)cc1. The molecule has 0 saturated carbocycles. The molecule has 4 unspecified atom stereocenters. The average molecular weight is 635 g/mol. The molecule has 1 aliphatic carbocycles. The van der Waals surface area contributed by atoms with E-state index in [-0.39, 0.29) is 43.4 Å². The van der Waals surface area contributed by atoms with Gasteiger partial charge in [0.15, 0.2) is 6.10 Å². The molecular formula is C37H47FN2O6. The van der Waals surface area contributed by atoms with Crippen LogP contribution in [-0.2, 0) is 23.7 Å². The fourth-order valence-electron chi connectivity index (χ4n) is 6.96. The lowest BCUT2D eigenvalue weighted by atomic mass is 9.85. The molecule has 3 saturated heterocycles. The number of aliphatic hydroxyl groups excluding tert-OH is 1. The van der Waals surface area contributed by atoms with Gasteiger partial charge in [0.05, 0.1) is 19.0 Å². The van der Waals surface area contributed by atoms with Crippen LogP contribution in [0.3, 0.4) is 0 Å². The summed E-state index contributed by atoms with van der Waals surface area (Å²) in [5.41, 5.74) is 4.77. The van der Waals surface area contributed by atoms with E-state index in [1.54, 1.807) is 6.92 Å². The first kappa shape index (κ1) is 32.7. The summed E-state index contributed by atoms with van der Waals surface area (Å²) in [4.78, 5) is 14.8. The van der Waals surface area contributed by atoms with Gasteiger partial charge in [0.1, 0.15) is 30.9 Å². The Bertz CT molecular complexity index is 1390. The van der Waals surface area contributed by atoms with Crippen molar-refractivity contribution in [2.24, 2.45) is 5.92 Å². The van der Waals surface area contributed by atoms with Crippen LogP contribution in [0, 0.1) is 5.92 Å². The molecule has 4 aliphatic heterocycles. The predicted molar refractivity (Wildman–Crippen MR) is 175 cm³/mol. The number of hydrogen-bond acceptors (Lipinski definition) is 7. The minimum absolute atomic E-state index is 0.0884. The lowest BCUT2D eigenvalue weighted by molar-refractivity contribution is -0.134. The fourth-order valence-corrected chi connectivity index (χ4v) is 6.96. The number of aliphatic hydroxyl groups is 1. The van der Waals surface area contributed by atoms with Crippen molar-refractivity contribution in [1.29, 1.82) is 0 Å². The van der Waals surface area contributed by atoms with Crippen molar-refractivity contribution < 1.29 is 33.2 Å². The van der Waals surface area contributed by atoms with Crippen LogP contribution >= 0.6 is 0 Å². The zero-order valence-corrected chi connectivity index (χ0v) is 26.8. The normalized spacial score (nSPS) is 31.7. The van der Waals surface area contributed by atoms with Gasteiger partial charge >= 0.3 is 0 Å². The molecule has 46 heavy (non-hydrogen) atoms. The molecule has 3 fully saturated rings. The number of nitrogens with zero attached hydrogens (tertiary/aromatic N) is 1. The molecule has 248 valence electrons. The van der Waals surface area contributed by atoms with E-state index in [1.807, 2.05) is 35.2 Å². The molecule has 1 aromatic carbocycles. The first-order valence-corrected chi connectivity index (χ1v) is 16.8. The molecule has 0 bridgehead atoms. The van der Waals surface area contributed by atoms with E-state index in [2.05, 4.69) is 18.0 Å². The Balaban J connectivity index is 1.14. The molecular weight excluding hydrogens is 587 g/mol. The maximum absolute atomic E-state index is 15.8. The van der Waals surface area contributed by atoms with E-state index in [1.165, 1.54) is 11.6 Å². The minimum Gasteiger partial charge on any atom is -0.490 e. The topological polar surface area (TPSA) is 89.5 Å². The van der Waals surface area contributed by atoms with Crippen molar-refractivity contribution in [3.8, 4) is 0 Å². The second-order valence-electron chi connectivity index (χ2n) is 13.0. The Morgan fingerprint density at radius 3 is 2.63 bits per heavy atom. The number of likely N-dealkylation sites (tertiary alicyclic amines) is 1. The second-order valence-corrected chi connectivity index (χ2v) is 13.0. The third kappa shape index (κ3) is 7.65. The van der Waals surface area contributed by atoms with Crippen LogP contribution in [-0.4, -0.2) is 80.0 Å². The number of halogens is 1. The van der Waals surface area contributed by atoms with Crippen LogP contribution in [0.25, 0.3) is 11.1 Å². The number of benzene rings is 1. The number of carbonyl (C=O) groups excluding carboxylic acids is 1. The Kier molecular flexibility index (Phi) is 10.7. The number of fused-ring (bicyclic) bond motifs is 1. The quantitative estimate of drug-likeness (QED) is 0.409. The van der Waals surface area contributed by atoms with Crippen molar-refractivity contribution in [2.45, 2.75) is 82.7 Å². The highest BCUT2D eigenvalue weighted by Crippen LogP contribution is 2.34. The number of carbonyl (C=O) groups is 1. The Morgan fingerprint density at radius 2 is 1.87 bits per heavy atom. The number of amides is 1. The molecule has 5 aliphatic rings. The van der Waals surface area contributed by atoms with Crippen LogP contribution in [0.1, 0.15) is 69.4 Å². The summed E-state index contributed by atoms with van der Waals surface area (Å²) in [6.07, 6.45) is 11.0. The van der Waals surface area contributed by atoms with Gasteiger partial charge in [0.2, 0.25) is 5.91 Å². The van der Waals surface area contributed by atoms with Crippen LogP contribution in [0.15, 0.2) is 71.9 Å². The molecule has 8 nitrogen and oxygen atoms in total. The third-order valence-corrected chi connectivity index (χ3v) is 9.79. The van der Waals surface area contributed by atoms with Crippen LogP contribution in [0.2, 0.25) is 0 Å². The van der Waals surface area contributed by atoms with E-state index >= 15 is 4.39 Å². The molecule has 4 heterocycles. The van der Waals surface area contributed by atoms with Gasteiger partial charge in [0.25, 0.3) is 0 Å². The maximum Gasteiger partial charge on any atom is 0.226 e. The summed E-state index contributed by atoms with van der Waals surface area (Å²) in [5, 5.41) is 13.3. The van der Waals surface area contributed by atoms with E-state index < -0.39 is 6.10 Å². The van der Waals surface area contributed by atoms with Gasteiger partial charge in [-0.25, -0.2) is 4.39 Å². The predicted octanol–water partition coefficient (Wildman–Crippen LogP) is 5.81. The van der Waals surface area contributed by atoms with Crippen molar-refractivity contribution in [1.82, 2.24) is 10.2 Å². The molecule has 0 radical (unpaired) electrons. The Labute approximate surface area is 271 Å². The summed E-state index contributed by atoms with van der Waals surface area (Å²) < 4.78 is 39.3. The van der Waals surface area contributed by atoms with Gasteiger partial charge in [-0.1, -0.05) is 36.9 Å². The number of ether oxygens (including phenoxy) is 4. The number of hydrogen-bond donors (Lipinski definition) is 2. The molecule has 5 atom stereocenters. The van der Waals surface area contributed by atoms with E-state index in [0.29, 0.717) is 42.4 Å². The summed E-state index contributed by atoms with van der Waals surface area (Å²) in [6, 6.07) is 8.00. The van der Waals surface area contributed by atoms with Crippen LogP contribution < -0.4 is 5.32 Å². The lowest BCUT2D eigenvalue weighted by Gasteiger charge is -2.26. The fraction of sp³-hybridized carbons (Fsp3) is 0.541. The summed E-state index contributed by atoms with van der Waals surface area (Å²) in [6.45, 7) is 9.19. The van der Waals surface area contributed by atoms with Gasteiger partial charge < -0.3 is 34.3 Å². The molecule has 0 spiro atoms. The van der Waals surface area contributed by atoms with Crippen molar-refractivity contribution in [3.05, 3.63) is 83.1 Å². The van der Waals surface area contributed by atoms with Crippen LogP contribution in [0.5, 0.6) is 0 Å². The van der Waals surface area contributed by atoms with Crippen molar-refractivity contribution in [3.63, 3.8) is 0 Å². The summed E-state index contributed by atoms with van der Waals surface area (Å²) >= 11 is 0. The first-order chi connectivity index (χ1) is 22.4. The zero-order chi connectivity index (χ0) is 32.0. The van der Waals surface area contributed by atoms with E-state index in [4.69, 9.17) is 18.9 Å². The van der Waals surface area contributed by atoms with Gasteiger partial charge in [-0.3, -0.25) is 4.79 Å². The third-order valence-electron chi connectivity index (χ3n) is 9.79. The Morgan fingerprint density at radius 1 is 1.09 bits per heavy atom. The zero-order valence-electron chi connectivity index (χ0n) is 26.8. The van der Waals surface area contributed by atoms with Gasteiger partial charge in [-0.05, 0) is 91.9 Å². The summed E-state index contributed by atoms with van der Waals surface area (Å²) in [7, 11) is 0. The standard InChI is InChI=1S/C37H47FN2O6/c1-24-19-30(46-34-22-45-35-33(41)21-44-36(34)35)7-3-6-18-43-23-39-32(24)20-31(38)25(2)26-8-10-27(11-9-26)28-12-14-29(15-13-28)37(42)40-16-4-5-17-40/h8-12,19-20,29,33-36,39,41H,1,3-7,13-18,21-23H2,2H3/b30-19+,31-25-,32-20+/t29?,33?,34?,35?,36-/m1/s1. The second kappa shape index (κ2) is 15.1. The number of nitrogens with one attached hydrogen (secondary N) is 1. The average Bonchev–Trinajstić information content (AvgIpc) is 3.83. The van der Waals surface area contributed by atoms with Crippen molar-refractivity contribution >= 4 is 17.1 Å². The number of rotatable bonds is 6. The van der Waals surface area contributed by atoms with Crippen molar-refractivity contribution in [2.75, 3.05) is 39.6 Å². The molecule has 9 heteroatoms. The van der Waals surface area contributed by atoms with Gasteiger partial charge in [-0.15, -0.1) is 0 Å². The lowest BCUT2D eigenvalue weighted by Crippen LogP contribution is -2.34. The maximum atomic E-state index is 15.8.